The van der Waals surface area contributed by atoms with Crippen LogP contribution in [0, 0.1) is 0 Å². The van der Waals surface area contributed by atoms with Crippen molar-refractivity contribution in [1.82, 2.24) is 0 Å². The van der Waals surface area contributed by atoms with Crippen molar-refractivity contribution in [2.45, 2.75) is 58.3 Å². The standard InChI is InChI=1S/C22H45NO7/c1-2-3-4-5-6-7-8-9-22(24)30-21-20-29-19-18-28-17-16-27-15-14-26-13-12-25-11-10-23/h2-21,23H2,1H3. The van der Waals surface area contributed by atoms with Crippen molar-refractivity contribution in [3.63, 3.8) is 0 Å². The zero-order valence-corrected chi connectivity index (χ0v) is 19.1. The normalized spacial score (nSPS) is 11.1. The van der Waals surface area contributed by atoms with Gasteiger partial charge in [0.25, 0.3) is 0 Å². The molecule has 8 heteroatoms. The number of nitrogens with two attached hydrogens (primary N) is 1. The van der Waals surface area contributed by atoms with Gasteiger partial charge in [0.2, 0.25) is 0 Å². The highest BCUT2D eigenvalue weighted by atomic mass is 16.6. The molecule has 0 aliphatic carbocycles. The van der Waals surface area contributed by atoms with Gasteiger partial charge in [-0.2, -0.15) is 0 Å². The summed E-state index contributed by atoms with van der Waals surface area (Å²) in [7, 11) is 0. The van der Waals surface area contributed by atoms with Gasteiger partial charge in [0.1, 0.15) is 6.61 Å². The molecule has 0 heterocycles. The van der Waals surface area contributed by atoms with Gasteiger partial charge in [0.05, 0.1) is 66.1 Å². The lowest BCUT2D eigenvalue weighted by Crippen LogP contribution is -2.15. The molecule has 2 N–H and O–H groups in total. The van der Waals surface area contributed by atoms with Gasteiger partial charge < -0.3 is 34.2 Å². The first-order chi connectivity index (χ1) is 14.8. The second-order valence-corrected chi connectivity index (χ2v) is 6.94. The fourth-order valence-electron chi connectivity index (χ4n) is 2.58. The first kappa shape index (κ1) is 29.2. The van der Waals surface area contributed by atoms with Crippen molar-refractivity contribution in [2.75, 3.05) is 79.2 Å². The summed E-state index contributed by atoms with van der Waals surface area (Å²) in [5.74, 6) is -0.132. The summed E-state index contributed by atoms with van der Waals surface area (Å²) in [5.41, 5.74) is 5.31. The Bertz CT molecular complexity index is 345. The average Bonchev–Trinajstić information content (AvgIpc) is 2.75. The summed E-state index contributed by atoms with van der Waals surface area (Å²) < 4.78 is 31.9. The number of ether oxygens (including phenoxy) is 6. The van der Waals surface area contributed by atoms with Crippen LogP contribution in [-0.2, 0) is 33.2 Å². The maximum absolute atomic E-state index is 11.6. The molecule has 0 aliphatic rings. The molecule has 8 nitrogen and oxygen atoms in total. The van der Waals surface area contributed by atoms with Crippen LogP contribution in [-0.4, -0.2) is 85.2 Å². The van der Waals surface area contributed by atoms with Gasteiger partial charge in [0, 0.05) is 13.0 Å². The molecule has 0 aromatic rings. The van der Waals surface area contributed by atoms with Crippen molar-refractivity contribution in [3.05, 3.63) is 0 Å². The number of carbonyl (C=O) groups is 1. The quantitative estimate of drug-likeness (QED) is 0.173. The molecule has 0 amide bonds. The number of esters is 1. The third kappa shape index (κ3) is 25.3. The Morgan fingerprint density at radius 1 is 0.567 bits per heavy atom. The molecule has 180 valence electrons. The highest BCUT2D eigenvalue weighted by molar-refractivity contribution is 5.69. The third-order valence-corrected chi connectivity index (χ3v) is 4.23. The minimum absolute atomic E-state index is 0.132. The second kappa shape index (κ2) is 26.3. The Hall–Kier alpha value is -0.770. The lowest BCUT2D eigenvalue weighted by atomic mass is 10.1. The molecule has 0 aliphatic heterocycles. The molecular formula is C22H45NO7. The minimum Gasteiger partial charge on any atom is -0.463 e. The molecule has 0 saturated carbocycles. The Labute approximate surface area is 183 Å². The highest BCUT2D eigenvalue weighted by Gasteiger charge is 2.02. The SMILES string of the molecule is CCCCCCCCCC(=O)OCCOCCOCCOCCOCCOCCN. The van der Waals surface area contributed by atoms with Gasteiger partial charge in [-0.15, -0.1) is 0 Å². The molecule has 0 unspecified atom stereocenters. The molecule has 0 fully saturated rings. The van der Waals surface area contributed by atoms with Gasteiger partial charge in [-0.05, 0) is 6.42 Å². The molecule has 0 aromatic heterocycles. The van der Waals surface area contributed by atoms with E-state index in [9.17, 15) is 4.79 Å². The Balaban J connectivity index is 3.11. The van der Waals surface area contributed by atoms with Crippen molar-refractivity contribution in [2.24, 2.45) is 5.73 Å². The maximum atomic E-state index is 11.6. The van der Waals surface area contributed by atoms with Gasteiger partial charge in [-0.3, -0.25) is 4.79 Å². The minimum atomic E-state index is -0.132. The molecule has 0 bridgehead atoms. The second-order valence-electron chi connectivity index (χ2n) is 6.94. The molecule has 0 spiro atoms. The summed E-state index contributed by atoms with van der Waals surface area (Å²) in [6, 6.07) is 0. The monoisotopic (exact) mass is 435 g/mol. The van der Waals surface area contributed by atoms with Crippen molar-refractivity contribution in [1.29, 1.82) is 0 Å². The molecule has 0 aromatic carbocycles. The first-order valence-corrected chi connectivity index (χ1v) is 11.6. The average molecular weight is 436 g/mol. The van der Waals surface area contributed by atoms with Crippen LogP contribution in [0.15, 0.2) is 0 Å². The predicted molar refractivity (Wildman–Crippen MR) is 117 cm³/mol. The fraction of sp³-hybridized carbons (Fsp3) is 0.955. The number of hydrogen-bond donors (Lipinski definition) is 1. The van der Waals surface area contributed by atoms with E-state index in [1.54, 1.807) is 0 Å². The lowest BCUT2D eigenvalue weighted by Gasteiger charge is -2.08. The van der Waals surface area contributed by atoms with E-state index in [-0.39, 0.29) is 5.97 Å². The molecule has 0 saturated heterocycles. The molecule has 30 heavy (non-hydrogen) atoms. The van der Waals surface area contributed by atoms with E-state index >= 15 is 0 Å². The van der Waals surface area contributed by atoms with Crippen LogP contribution >= 0.6 is 0 Å². The molecule has 0 radical (unpaired) electrons. The summed E-state index contributed by atoms with van der Waals surface area (Å²) in [6.07, 6.45) is 8.87. The van der Waals surface area contributed by atoms with E-state index in [2.05, 4.69) is 6.92 Å². The van der Waals surface area contributed by atoms with Crippen LogP contribution in [0.4, 0.5) is 0 Å². The maximum Gasteiger partial charge on any atom is 0.305 e. The molecule has 0 atom stereocenters. The van der Waals surface area contributed by atoms with Crippen LogP contribution in [0.1, 0.15) is 58.3 Å². The highest BCUT2D eigenvalue weighted by Crippen LogP contribution is 2.08. The zero-order valence-electron chi connectivity index (χ0n) is 19.1. The van der Waals surface area contributed by atoms with Gasteiger partial charge in [0.15, 0.2) is 0 Å². The molecular weight excluding hydrogens is 390 g/mol. The van der Waals surface area contributed by atoms with Crippen molar-refractivity contribution in [3.8, 4) is 0 Å². The van der Waals surface area contributed by atoms with E-state index in [0.717, 1.165) is 12.8 Å². The largest absolute Gasteiger partial charge is 0.463 e. The van der Waals surface area contributed by atoms with Gasteiger partial charge in [-0.25, -0.2) is 0 Å². The third-order valence-electron chi connectivity index (χ3n) is 4.23. The summed E-state index contributed by atoms with van der Waals surface area (Å²) in [4.78, 5) is 11.6. The van der Waals surface area contributed by atoms with E-state index in [0.29, 0.717) is 85.6 Å². The van der Waals surface area contributed by atoms with Crippen LogP contribution < -0.4 is 5.73 Å². The number of rotatable bonds is 25. The fourth-order valence-corrected chi connectivity index (χ4v) is 2.58. The Morgan fingerprint density at radius 3 is 1.43 bits per heavy atom. The summed E-state index contributed by atoms with van der Waals surface area (Å²) in [6.45, 7) is 8.16. The van der Waals surface area contributed by atoms with Gasteiger partial charge in [-0.1, -0.05) is 45.4 Å². The smallest absolute Gasteiger partial charge is 0.305 e. The van der Waals surface area contributed by atoms with E-state index in [4.69, 9.17) is 34.2 Å². The molecule has 0 rings (SSSR count). The van der Waals surface area contributed by atoms with Crippen LogP contribution in [0.3, 0.4) is 0 Å². The first-order valence-electron chi connectivity index (χ1n) is 11.6. The predicted octanol–water partition coefficient (Wildman–Crippen LogP) is 2.71. The number of hydrogen-bond acceptors (Lipinski definition) is 8. The van der Waals surface area contributed by atoms with E-state index in [1.807, 2.05) is 0 Å². The van der Waals surface area contributed by atoms with Gasteiger partial charge >= 0.3 is 5.97 Å². The number of unbranched alkanes of at least 4 members (excludes halogenated alkanes) is 6. The zero-order chi connectivity index (χ0) is 22.0. The number of carbonyl (C=O) groups excluding carboxylic acids is 1. The summed E-state index contributed by atoms with van der Waals surface area (Å²) in [5, 5.41) is 0. The topological polar surface area (TPSA) is 98.5 Å². The van der Waals surface area contributed by atoms with Crippen LogP contribution in [0.25, 0.3) is 0 Å². The van der Waals surface area contributed by atoms with Crippen LogP contribution in [0.2, 0.25) is 0 Å². The Morgan fingerprint density at radius 2 is 0.967 bits per heavy atom. The van der Waals surface area contributed by atoms with E-state index < -0.39 is 0 Å². The van der Waals surface area contributed by atoms with Crippen molar-refractivity contribution >= 4 is 5.97 Å². The van der Waals surface area contributed by atoms with Crippen molar-refractivity contribution < 1.29 is 33.2 Å². The Kier molecular flexibility index (Phi) is 25.6. The van der Waals surface area contributed by atoms with E-state index in [1.165, 1.54) is 32.1 Å². The lowest BCUT2D eigenvalue weighted by molar-refractivity contribution is -0.145. The summed E-state index contributed by atoms with van der Waals surface area (Å²) >= 11 is 0. The van der Waals surface area contributed by atoms with Crippen LogP contribution in [0.5, 0.6) is 0 Å².